The third-order valence-electron chi connectivity index (χ3n) is 3.09. The average molecular weight is 220 g/mol. The summed E-state index contributed by atoms with van der Waals surface area (Å²) in [7, 11) is 0. The van der Waals surface area contributed by atoms with E-state index in [0.717, 1.165) is 32.8 Å². The number of hydrazine groups is 1. The smallest absolute Gasteiger partial charge is 0.0608 e. The van der Waals surface area contributed by atoms with Crippen molar-refractivity contribution in [3.8, 4) is 0 Å². The normalized spacial score (nSPS) is 17.6. The van der Waals surface area contributed by atoms with Crippen molar-refractivity contribution in [3.05, 3.63) is 34.9 Å². The quantitative estimate of drug-likeness (QED) is 0.838. The maximum Gasteiger partial charge on any atom is 0.0608 e. The minimum Gasteiger partial charge on any atom is -0.379 e. The first kappa shape index (κ1) is 11.6. The molecule has 1 fully saturated rings. The number of benzene rings is 1. The van der Waals surface area contributed by atoms with Crippen LogP contribution in [0.1, 0.15) is 16.7 Å². The van der Waals surface area contributed by atoms with Gasteiger partial charge in [-0.1, -0.05) is 18.2 Å². The van der Waals surface area contributed by atoms with Gasteiger partial charge >= 0.3 is 0 Å². The van der Waals surface area contributed by atoms with Gasteiger partial charge in [-0.2, -0.15) is 0 Å². The molecule has 3 heteroatoms. The number of rotatable bonds is 3. The second-order valence-corrected chi connectivity index (χ2v) is 4.35. The SMILES string of the molecule is Cc1ccc(CNN2CCOCC2)cc1C. The van der Waals surface area contributed by atoms with Gasteiger partial charge in [-0.15, -0.1) is 0 Å². The predicted octanol–water partition coefficient (Wildman–Crippen LogP) is 1.64. The second-order valence-electron chi connectivity index (χ2n) is 4.35. The van der Waals surface area contributed by atoms with Crippen LogP contribution in [0.15, 0.2) is 18.2 Å². The van der Waals surface area contributed by atoms with Crippen molar-refractivity contribution in [1.82, 2.24) is 10.4 Å². The van der Waals surface area contributed by atoms with E-state index >= 15 is 0 Å². The molecule has 0 bridgehead atoms. The van der Waals surface area contributed by atoms with Crippen molar-refractivity contribution in [3.63, 3.8) is 0 Å². The van der Waals surface area contributed by atoms with Crippen LogP contribution in [-0.4, -0.2) is 31.3 Å². The molecule has 1 N–H and O–H groups in total. The number of hydrogen-bond acceptors (Lipinski definition) is 3. The standard InChI is InChI=1S/C13H20N2O/c1-11-3-4-13(9-12(11)2)10-14-15-5-7-16-8-6-15/h3-4,9,14H,5-8,10H2,1-2H3. The van der Waals surface area contributed by atoms with Gasteiger partial charge in [0.2, 0.25) is 0 Å². The molecule has 0 spiro atoms. The van der Waals surface area contributed by atoms with Crippen LogP contribution in [0, 0.1) is 13.8 Å². The Hall–Kier alpha value is -0.900. The van der Waals surface area contributed by atoms with Crippen LogP contribution in [0.4, 0.5) is 0 Å². The van der Waals surface area contributed by atoms with Crippen LogP contribution in [0.5, 0.6) is 0 Å². The van der Waals surface area contributed by atoms with Gasteiger partial charge in [-0.05, 0) is 30.5 Å². The molecule has 0 aliphatic carbocycles. The van der Waals surface area contributed by atoms with Crippen molar-refractivity contribution in [1.29, 1.82) is 0 Å². The minimum absolute atomic E-state index is 0.833. The van der Waals surface area contributed by atoms with Crippen molar-refractivity contribution in [2.45, 2.75) is 20.4 Å². The largest absolute Gasteiger partial charge is 0.379 e. The molecule has 0 aromatic heterocycles. The lowest BCUT2D eigenvalue weighted by atomic mass is 10.1. The van der Waals surface area contributed by atoms with Crippen LogP contribution in [0.25, 0.3) is 0 Å². The number of nitrogens with one attached hydrogen (secondary N) is 1. The molecule has 0 unspecified atom stereocenters. The van der Waals surface area contributed by atoms with E-state index < -0.39 is 0 Å². The lowest BCUT2D eigenvalue weighted by Gasteiger charge is -2.27. The lowest BCUT2D eigenvalue weighted by Crippen LogP contribution is -2.45. The summed E-state index contributed by atoms with van der Waals surface area (Å²) < 4.78 is 5.30. The zero-order chi connectivity index (χ0) is 11.4. The maximum atomic E-state index is 5.30. The van der Waals surface area contributed by atoms with Gasteiger partial charge in [-0.3, -0.25) is 5.43 Å². The Kier molecular flexibility index (Phi) is 3.93. The highest BCUT2D eigenvalue weighted by atomic mass is 16.5. The molecule has 1 aliphatic heterocycles. The van der Waals surface area contributed by atoms with E-state index in [4.69, 9.17) is 4.74 Å². The van der Waals surface area contributed by atoms with E-state index in [9.17, 15) is 0 Å². The molecule has 1 aromatic rings. The summed E-state index contributed by atoms with van der Waals surface area (Å²) in [4.78, 5) is 0. The van der Waals surface area contributed by atoms with Crippen LogP contribution in [0.3, 0.4) is 0 Å². The topological polar surface area (TPSA) is 24.5 Å². The van der Waals surface area contributed by atoms with Gasteiger partial charge in [0.1, 0.15) is 0 Å². The number of ether oxygens (including phenoxy) is 1. The Morgan fingerprint density at radius 2 is 1.94 bits per heavy atom. The van der Waals surface area contributed by atoms with Gasteiger partial charge in [0, 0.05) is 19.6 Å². The highest BCUT2D eigenvalue weighted by Crippen LogP contribution is 2.09. The van der Waals surface area contributed by atoms with Crippen LogP contribution >= 0.6 is 0 Å². The highest BCUT2D eigenvalue weighted by Gasteiger charge is 2.09. The molecular weight excluding hydrogens is 200 g/mol. The summed E-state index contributed by atoms with van der Waals surface area (Å²) in [5, 5.41) is 2.23. The van der Waals surface area contributed by atoms with Gasteiger partial charge < -0.3 is 4.74 Å². The molecule has 1 aromatic carbocycles. The fourth-order valence-electron chi connectivity index (χ4n) is 1.84. The monoisotopic (exact) mass is 220 g/mol. The average Bonchev–Trinajstić information content (AvgIpc) is 2.32. The summed E-state index contributed by atoms with van der Waals surface area (Å²) in [6.45, 7) is 8.83. The van der Waals surface area contributed by atoms with E-state index in [1.165, 1.54) is 16.7 Å². The number of nitrogens with zero attached hydrogens (tertiary/aromatic N) is 1. The van der Waals surface area contributed by atoms with Crippen molar-refractivity contribution in [2.75, 3.05) is 26.3 Å². The molecule has 0 saturated carbocycles. The summed E-state index contributed by atoms with van der Waals surface area (Å²) in [6.07, 6.45) is 0. The van der Waals surface area contributed by atoms with Gasteiger partial charge in [0.25, 0.3) is 0 Å². The van der Waals surface area contributed by atoms with Crippen LogP contribution < -0.4 is 5.43 Å². The third kappa shape index (κ3) is 3.04. The van der Waals surface area contributed by atoms with E-state index in [1.807, 2.05) is 0 Å². The van der Waals surface area contributed by atoms with Gasteiger partial charge in [0.15, 0.2) is 0 Å². The molecule has 1 saturated heterocycles. The number of aryl methyl sites for hydroxylation is 2. The van der Waals surface area contributed by atoms with Crippen molar-refractivity contribution < 1.29 is 4.74 Å². The summed E-state index contributed by atoms with van der Waals surface area (Å²) in [5.74, 6) is 0. The first-order valence-corrected chi connectivity index (χ1v) is 5.88. The first-order chi connectivity index (χ1) is 7.75. The predicted molar refractivity (Wildman–Crippen MR) is 65.1 cm³/mol. The maximum absolute atomic E-state index is 5.30. The molecule has 88 valence electrons. The number of hydrogen-bond donors (Lipinski definition) is 1. The summed E-state index contributed by atoms with van der Waals surface area (Å²) in [5.41, 5.74) is 7.50. The molecule has 1 aliphatic rings. The van der Waals surface area contributed by atoms with E-state index in [-0.39, 0.29) is 0 Å². The highest BCUT2D eigenvalue weighted by molar-refractivity contribution is 5.29. The van der Waals surface area contributed by atoms with E-state index in [1.54, 1.807) is 0 Å². The Labute approximate surface area is 97.4 Å². The van der Waals surface area contributed by atoms with Crippen molar-refractivity contribution >= 4 is 0 Å². The molecule has 1 heterocycles. The second kappa shape index (κ2) is 5.43. The first-order valence-electron chi connectivity index (χ1n) is 5.88. The fourth-order valence-corrected chi connectivity index (χ4v) is 1.84. The minimum atomic E-state index is 0.833. The molecule has 3 nitrogen and oxygen atoms in total. The Bertz CT molecular complexity index is 346. The molecule has 0 atom stereocenters. The zero-order valence-electron chi connectivity index (χ0n) is 10.1. The zero-order valence-corrected chi connectivity index (χ0v) is 10.1. The van der Waals surface area contributed by atoms with Gasteiger partial charge in [0.05, 0.1) is 13.2 Å². The number of morpholine rings is 1. The van der Waals surface area contributed by atoms with Gasteiger partial charge in [-0.25, -0.2) is 5.01 Å². The molecule has 16 heavy (non-hydrogen) atoms. The third-order valence-corrected chi connectivity index (χ3v) is 3.09. The van der Waals surface area contributed by atoms with Crippen LogP contribution in [0.2, 0.25) is 0 Å². The van der Waals surface area contributed by atoms with E-state index in [2.05, 4.69) is 42.5 Å². The summed E-state index contributed by atoms with van der Waals surface area (Å²) in [6, 6.07) is 6.63. The summed E-state index contributed by atoms with van der Waals surface area (Å²) >= 11 is 0. The fraction of sp³-hybridized carbons (Fsp3) is 0.538. The Morgan fingerprint density at radius 1 is 1.19 bits per heavy atom. The molecule has 2 rings (SSSR count). The molecular formula is C13H20N2O. The lowest BCUT2D eigenvalue weighted by molar-refractivity contribution is 0.0106. The van der Waals surface area contributed by atoms with E-state index in [0.29, 0.717) is 0 Å². The van der Waals surface area contributed by atoms with Crippen molar-refractivity contribution in [2.24, 2.45) is 0 Å². The Balaban J connectivity index is 1.86. The molecule has 0 radical (unpaired) electrons. The van der Waals surface area contributed by atoms with Crippen LogP contribution in [-0.2, 0) is 11.3 Å². The molecule has 0 amide bonds. The Morgan fingerprint density at radius 3 is 2.62 bits per heavy atom.